The van der Waals surface area contributed by atoms with Crippen molar-refractivity contribution in [3.63, 3.8) is 0 Å². The zero-order valence-electron chi connectivity index (χ0n) is 18.1. The van der Waals surface area contributed by atoms with Crippen molar-refractivity contribution in [3.05, 3.63) is 0 Å². The summed E-state index contributed by atoms with van der Waals surface area (Å²) in [4.78, 5) is 7.20. The third-order valence-corrected chi connectivity index (χ3v) is 5.71. The maximum Gasteiger partial charge on any atom is 0.191 e. The molecule has 28 heavy (non-hydrogen) atoms. The Morgan fingerprint density at radius 2 is 1.86 bits per heavy atom. The van der Waals surface area contributed by atoms with E-state index >= 15 is 0 Å². The smallest absolute Gasteiger partial charge is 0.191 e. The van der Waals surface area contributed by atoms with Crippen LogP contribution in [0, 0.1) is 5.92 Å². The van der Waals surface area contributed by atoms with E-state index in [2.05, 4.69) is 34.5 Å². The lowest BCUT2D eigenvalue weighted by atomic mass is 9.94. The van der Waals surface area contributed by atoms with Crippen molar-refractivity contribution in [1.29, 1.82) is 0 Å². The maximum atomic E-state index is 5.82. The molecule has 1 saturated heterocycles. The summed E-state index contributed by atoms with van der Waals surface area (Å²) in [6, 6.07) is 0.771. The number of nitrogens with zero attached hydrogens (tertiary/aromatic N) is 2. The van der Waals surface area contributed by atoms with Crippen molar-refractivity contribution in [2.45, 2.75) is 64.3 Å². The summed E-state index contributed by atoms with van der Waals surface area (Å²) in [6.45, 7) is 9.29. The fourth-order valence-corrected chi connectivity index (χ4v) is 3.92. The van der Waals surface area contributed by atoms with Gasteiger partial charge < -0.3 is 25.0 Å². The normalized spacial score (nSPS) is 19.5. The number of rotatable bonds is 11. The first kappa shape index (κ1) is 25.9. The SMILES string of the molecule is CCNC(=NCCCOCC1CCOCC1)NCCN(C)C1CCCCC1.I. The molecule has 1 aliphatic carbocycles. The number of halogens is 1. The molecule has 2 rings (SSSR count). The molecule has 0 bridgehead atoms. The fourth-order valence-electron chi connectivity index (χ4n) is 3.92. The lowest BCUT2D eigenvalue weighted by Crippen LogP contribution is -2.43. The maximum absolute atomic E-state index is 5.82. The number of hydrogen-bond acceptors (Lipinski definition) is 4. The van der Waals surface area contributed by atoms with E-state index in [9.17, 15) is 0 Å². The minimum atomic E-state index is 0. The van der Waals surface area contributed by atoms with Gasteiger partial charge in [-0.1, -0.05) is 19.3 Å². The Balaban J connectivity index is 0.00000392. The second-order valence-corrected chi connectivity index (χ2v) is 7.94. The topological polar surface area (TPSA) is 58.1 Å². The van der Waals surface area contributed by atoms with E-state index in [1.165, 1.54) is 32.1 Å². The predicted molar refractivity (Wildman–Crippen MR) is 128 cm³/mol. The summed E-state index contributed by atoms with van der Waals surface area (Å²) in [5.41, 5.74) is 0. The predicted octanol–water partition coefficient (Wildman–Crippen LogP) is 3.26. The minimum Gasteiger partial charge on any atom is -0.381 e. The molecule has 166 valence electrons. The van der Waals surface area contributed by atoms with Crippen LogP contribution in [-0.2, 0) is 9.47 Å². The van der Waals surface area contributed by atoms with Gasteiger partial charge in [0, 0.05) is 58.6 Å². The summed E-state index contributed by atoms with van der Waals surface area (Å²) in [7, 11) is 2.26. The zero-order chi connectivity index (χ0) is 19.2. The molecule has 2 N–H and O–H groups in total. The lowest BCUT2D eigenvalue weighted by molar-refractivity contribution is 0.0205. The van der Waals surface area contributed by atoms with Gasteiger partial charge in [0.15, 0.2) is 5.96 Å². The molecular formula is C21H43IN4O2. The van der Waals surface area contributed by atoms with Crippen LogP contribution in [0.5, 0.6) is 0 Å². The van der Waals surface area contributed by atoms with Crippen LogP contribution in [0.15, 0.2) is 4.99 Å². The average Bonchev–Trinajstić information content (AvgIpc) is 2.71. The highest BCUT2D eigenvalue weighted by molar-refractivity contribution is 14.0. The summed E-state index contributed by atoms with van der Waals surface area (Å²) < 4.78 is 11.2. The van der Waals surface area contributed by atoms with E-state index in [4.69, 9.17) is 9.47 Å². The van der Waals surface area contributed by atoms with Crippen LogP contribution in [0.4, 0.5) is 0 Å². The Labute approximate surface area is 189 Å². The number of likely N-dealkylation sites (N-methyl/N-ethyl adjacent to an activating group) is 1. The summed E-state index contributed by atoms with van der Waals surface area (Å²) in [6.07, 6.45) is 10.2. The molecule has 0 atom stereocenters. The molecule has 2 aliphatic rings. The molecule has 0 unspecified atom stereocenters. The van der Waals surface area contributed by atoms with Gasteiger partial charge in [0.1, 0.15) is 0 Å². The molecule has 6 nitrogen and oxygen atoms in total. The first-order chi connectivity index (χ1) is 13.3. The lowest BCUT2D eigenvalue weighted by Gasteiger charge is -2.31. The molecule has 0 aromatic carbocycles. The Morgan fingerprint density at radius 1 is 1.11 bits per heavy atom. The highest BCUT2D eigenvalue weighted by Crippen LogP contribution is 2.21. The van der Waals surface area contributed by atoms with E-state index in [0.717, 1.165) is 83.9 Å². The quantitative estimate of drug-likeness (QED) is 0.194. The standard InChI is InChI=1S/C21H42N4O2.HI/c1-3-22-21(24-13-14-25(2)20-8-5-4-6-9-20)23-12-7-15-27-18-19-10-16-26-17-11-19;/h19-20H,3-18H2,1-2H3,(H2,22,23,24);1H. The van der Waals surface area contributed by atoms with Gasteiger partial charge >= 0.3 is 0 Å². The Hall–Kier alpha value is -0.120. The third kappa shape index (κ3) is 11.2. The Bertz CT molecular complexity index is 400. The molecule has 0 amide bonds. The van der Waals surface area contributed by atoms with Crippen molar-refractivity contribution in [2.75, 3.05) is 59.7 Å². The summed E-state index contributed by atoms with van der Waals surface area (Å²) >= 11 is 0. The van der Waals surface area contributed by atoms with E-state index in [0.29, 0.717) is 5.92 Å². The van der Waals surface area contributed by atoms with Gasteiger partial charge in [-0.3, -0.25) is 4.99 Å². The molecule has 1 heterocycles. The summed E-state index contributed by atoms with van der Waals surface area (Å²) in [5.74, 6) is 1.61. The van der Waals surface area contributed by atoms with Crippen molar-refractivity contribution in [2.24, 2.45) is 10.9 Å². The molecule has 2 fully saturated rings. The number of nitrogens with one attached hydrogen (secondary N) is 2. The molecule has 0 radical (unpaired) electrons. The minimum absolute atomic E-state index is 0. The van der Waals surface area contributed by atoms with Gasteiger partial charge in [-0.25, -0.2) is 0 Å². The van der Waals surface area contributed by atoms with Gasteiger partial charge in [0.05, 0.1) is 0 Å². The number of guanidine groups is 1. The van der Waals surface area contributed by atoms with Crippen LogP contribution in [0.1, 0.15) is 58.3 Å². The fraction of sp³-hybridized carbons (Fsp3) is 0.952. The second-order valence-electron chi connectivity index (χ2n) is 7.94. The van der Waals surface area contributed by atoms with E-state index in [1.807, 2.05) is 0 Å². The van der Waals surface area contributed by atoms with Crippen LogP contribution < -0.4 is 10.6 Å². The van der Waals surface area contributed by atoms with Gasteiger partial charge in [-0.15, -0.1) is 24.0 Å². The van der Waals surface area contributed by atoms with Gasteiger partial charge in [0.2, 0.25) is 0 Å². The van der Waals surface area contributed by atoms with Gasteiger partial charge in [-0.2, -0.15) is 0 Å². The Kier molecular flexibility index (Phi) is 15.4. The van der Waals surface area contributed by atoms with Crippen LogP contribution in [0.2, 0.25) is 0 Å². The molecule has 1 aliphatic heterocycles. The number of aliphatic imine (C=N–C) groups is 1. The van der Waals surface area contributed by atoms with E-state index in [1.54, 1.807) is 0 Å². The molecule has 0 aromatic heterocycles. The highest BCUT2D eigenvalue weighted by Gasteiger charge is 2.17. The number of hydrogen-bond donors (Lipinski definition) is 2. The first-order valence-corrected chi connectivity index (χ1v) is 11.2. The molecule has 7 heteroatoms. The molecule has 0 spiro atoms. The largest absolute Gasteiger partial charge is 0.381 e. The summed E-state index contributed by atoms with van der Waals surface area (Å²) in [5, 5.41) is 6.82. The van der Waals surface area contributed by atoms with Crippen molar-refractivity contribution in [3.8, 4) is 0 Å². The molecule has 0 aromatic rings. The van der Waals surface area contributed by atoms with Crippen molar-refractivity contribution in [1.82, 2.24) is 15.5 Å². The zero-order valence-corrected chi connectivity index (χ0v) is 20.4. The molecular weight excluding hydrogens is 467 g/mol. The third-order valence-electron chi connectivity index (χ3n) is 5.71. The monoisotopic (exact) mass is 510 g/mol. The first-order valence-electron chi connectivity index (χ1n) is 11.2. The van der Waals surface area contributed by atoms with Crippen LogP contribution in [0.3, 0.4) is 0 Å². The van der Waals surface area contributed by atoms with Crippen LogP contribution in [0.25, 0.3) is 0 Å². The highest BCUT2D eigenvalue weighted by atomic mass is 127. The number of ether oxygens (including phenoxy) is 2. The van der Waals surface area contributed by atoms with E-state index < -0.39 is 0 Å². The van der Waals surface area contributed by atoms with Gasteiger partial charge in [-0.05, 0) is 52.0 Å². The Morgan fingerprint density at radius 3 is 2.57 bits per heavy atom. The van der Waals surface area contributed by atoms with Crippen molar-refractivity contribution >= 4 is 29.9 Å². The van der Waals surface area contributed by atoms with E-state index in [-0.39, 0.29) is 24.0 Å². The van der Waals surface area contributed by atoms with Gasteiger partial charge in [0.25, 0.3) is 0 Å². The second kappa shape index (κ2) is 16.7. The molecule has 1 saturated carbocycles. The van der Waals surface area contributed by atoms with Crippen molar-refractivity contribution < 1.29 is 9.47 Å². The van der Waals surface area contributed by atoms with Crippen LogP contribution >= 0.6 is 24.0 Å². The van der Waals surface area contributed by atoms with Crippen LogP contribution in [-0.4, -0.2) is 76.6 Å². The average molecular weight is 511 g/mol.